The van der Waals surface area contributed by atoms with Crippen molar-refractivity contribution in [3.63, 3.8) is 0 Å². The molecule has 1 aliphatic rings. The number of hydrogen-bond acceptors (Lipinski definition) is 2. The number of carbonyl (C=O) groups excluding carboxylic acids is 1. The van der Waals surface area contributed by atoms with Crippen LogP contribution in [-0.2, 0) is 11.2 Å². The zero-order valence-electron chi connectivity index (χ0n) is 13.8. The second kappa shape index (κ2) is 6.15. The van der Waals surface area contributed by atoms with E-state index in [1.807, 2.05) is 4.90 Å². The van der Waals surface area contributed by atoms with Crippen molar-refractivity contribution in [2.24, 2.45) is 0 Å². The number of likely N-dealkylation sites (tertiary alicyclic amines) is 1. The SMILES string of the molecule is Cc1cc2occ(CC(=O)N3CCCCC3)c2cc1C(C)C. The van der Waals surface area contributed by atoms with Crippen LogP contribution in [0.3, 0.4) is 0 Å². The molecule has 1 fully saturated rings. The number of carbonyl (C=O) groups is 1. The predicted molar refractivity (Wildman–Crippen MR) is 89.2 cm³/mol. The highest BCUT2D eigenvalue weighted by Crippen LogP contribution is 2.29. The van der Waals surface area contributed by atoms with Crippen LogP contribution < -0.4 is 0 Å². The molecule has 0 unspecified atom stereocenters. The molecule has 0 spiro atoms. The van der Waals surface area contributed by atoms with Crippen molar-refractivity contribution in [2.75, 3.05) is 13.1 Å². The molecule has 1 saturated heterocycles. The molecule has 0 saturated carbocycles. The number of hydrogen-bond donors (Lipinski definition) is 0. The molecular weight excluding hydrogens is 274 g/mol. The van der Waals surface area contributed by atoms with E-state index >= 15 is 0 Å². The summed E-state index contributed by atoms with van der Waals surface area (Å²) in [6, 6.07) is 4.30. The smallest absolute Gasteiger partial charge is 0.227 e. The summed E-state index contributed by atoms with van der Waals surface area (Å²) in [4.78, 5) is 14.5. The average molecular weight is 299 g/mol. The summed E-state index contributed by atoms with van der Waals surface area (Å²) < 4.78 is 5.68. The first-order valence-corrected chi connectivity index (χ1v) is 8.34. The fraction of sp³-hybridized carbons (Fsp3) is 0.526. The third-order valence-electron chi connectivity index (χ3n) is 4.71. The number of aryl methyl sites for hydroxylation is 1. The van der Waals surface area contributed by atoms with E-state index < -0.39 is 0 Å². The van der Waals surface area contributed by atoms with Gasteiger partial charge in [-0.15, -0.1) is 0 Å². The Morgan fingerprint density at radius 1 is 1.23 bits per heavy atom. The molecule has 1 aromatic heterocycles. The fourth-order valence-corrected chi connectivity index (χ4v) is 3.42. The summed E-state index contributed by atoms with van der Waals surface area (Å²) >= 11 is 0. The van der Waals surface area contributed by atoms with Crippen LogP contribution in [0.25, 0.3) is 11.0 Å². The van der Waals surface area contributed by atoms with Gasteiger partial charge in [-0.1, -0.05) is 13.8 Å². The van der Waals surface area contributed by atoms with Crippen molar-refractivity contribution >= 4 is 16.9 Å². The molecule has 0 aliphatic carbocycles. The minimum absolute atomic E-state index is 0.231. The van der Waals surface area contributed by atoms with Gasteiger partial charge in [-0.05, 0) is 55.4 Å². The molecule has 2 heterocycles. The van der Waals surface area contributed by atoms with Crippen LogP contribution >= 0.6 is 0 Å². The van der Waals surface area contributed by atoms with E-state index in [-0.39, 0.29) is 5.91 Å². The van der Waals surface area contributed by atoms with Crippen LogP contribution in [-0.4, -0.2) is 23.9 Å². The number of benzene rings is 1. The van der Waals surface area contributed by atoms with E-state index in [4.69, 9.17) is 4.42 Å². The highest BCUT2D eigenvalue weighted by atomic mass is 16.3. The monoisotopic (exact) mass is 299 g/mol. The van der Waals surface area contributed by atoms with Gasteiger partial charge in [-0.2, -0.15) is 0 Å². The van der Waals surface area contributed by atoms with Gasteiger partial charge < -0.3 is 9.32 Å². The van der Waals surface area contributed by atoms with E-state index in [0.717, 1.165) is 42.5 Å². The van der Waals surface area contributed by atoms with E-state index in [1.165, 1.54) is 17.5 Å². The van der Waals surface area contributed by atoms with Gasteiger partial charge in [0.25, 0.3) is 0 Å². The maximum Gasteiger partial charge on any atom is 0.227 e. The highest BCUT2D eigenvalue weighted by Gasteiger charge is 2.19. The Morgan fingerprint density at radius 2 is 1.95 bits per heavy atom. The maximum absolute atomic E-state index is 12.5. The van der Waals surface area contributed by atoms with E-state index in [2.05, 4.69) is 32.9 Å². The molecule has 0 bridgehead atoms. The Bertz CT molecular complexity index is 678. The second-order valence-electron chi connectivity index (χ2n) is 6.74. The van der Waals surface area contributed by atoms with Gasteiger partial charge in [-0.3, -0.25) is 4.79 Å². The topological polar surface area (TPSA) is 33.5 Å². The van der Waals surface area contributed by atoms with Crippen molar-refractivity contribution in [3.8, 4) is 0 Å². The molecule has 0 radical (unpaired) electrons. The van der Waals surface area contributed by atoms with Crippen molar-refractivity contribution < 1.29 is 9.21 Å². The Hall–Kier alpha value is -1.77. The van der Waals surface area contributed by atoms with Crippen molar-refractivity contribution in [2.45, 2.75) is 52.4 Å². The number of rotatable bonds is 3. The van der Waals surface area contributed by atoms with Gasteiger partial charge in [0.1, 0.15) is 5.58 Å². The molecule has 3 heteroatoms. The lowest BCUT2D eigenvalue weighted by molar-refractivity contribution is -0.131. The molecule has 1 aliphatic heterocycles. The molecule has 2 aromatic rings. The normalized spacial score (nSPS) is 15.7. The summed E-state index contributed by atoms with van der Waals surface area (Å²) in [6.07, 6.45) is 5.72. The Balaban J connectivity index is 1.87. The van der Waals surface area contributed by atoms with E-state index in [0.29, 0.717) is 12.3 Å². The Kier molecular flexibility index (Phi) is 4.23. The highest BCUT2D eigenvalue weighted by molar-refractivity contribution is 5.88. The van der Waals surface area contributed by atoms with Gasteiger partial charge in [0.2, 0.25) is 5.91 Å². The van der Waals surface area contributed by atoms with Crippen LogP contribution in [0.4, 0.5) is 0 Å². The van der Waals surface area contributed by atoms with Gasteiger partial charge in [0, 0.05) is 24.0 Å². The zero-order chi connectivity index (χ0) is 15.7. The first-order chi connectivity index (χ1) is 10.6. The third-order valence-corrected chi connectivity index (χ3v) is 4.71. The lowest BCUT2D eigenvalue weighted by Gasteiger charge is -2.26. The first-order valence-electron chi connectivity index (χ1n) is 8.34. The van der Waals surface area contributed by atoms with E-state index in [9.17, 15) is 4.79 Å². The minimum Gasteiger partial charge on any atom is -0.464 e. The standard InChI is InChI=1S/C19H25NO2/c1-13(2)16-11-17-15(12-22-18(17)9-14(16)3)10-19(21)20-7-5-4-6-8-20/h9,11-13H,4-8,10H2,1-3H3. The van der Waals surface area contributed by atoms with Gasteiger partial charge in [0.15, 0.2) is 0 Å². The summed E-state index contributed by atoms with van der Waals surface area (Å²) in [5.74, 6) is 0.707. The van der Waals surface area contributed by atoms with Gasteiger partial charge in [0.05, 0.1) is 12.7 Å². The second-order valence-corrected chi connectivity index (χ2v) is 6.74. The molecule has 0 N–H and O–H groups in total. The van der Waals surface area contributed by atoms with Crippen LogP contribution in [0, 0.1) is 6.92 Å². The number of piperidine rings is 1. The van der Waals surface area contributed by atoms with Crippen molar-refractivity contribution in [1.29, 1.82) is 0 Å². The Labute approximate surface area is 132 Å². The fourth-order valence-electron chi connectivity index (χ4n) is 3.42. The molecule has 118 valence electrons. The van der Waals surface area contributed by atoms with Crippen LogP contribution in [0.1, 0.15) is 55.7 Å². The summed E-state index contributed by atoms with van der Waals surface area (Å²) in [6.45, 7) is 8.34. The maximum atomic E-state index is 12.5. The van der Waals surface area contributed by atoms with Gasteiger partial charge >= 0.3 is 0 Å². The molecule has 3 nitrogen and oxygen atoms in total. The van der Waals surface area contributed by atoms with Crippen LogP contribution in [0.5, 0.6) is 0 Å². The number of furan rings is 1. The first kappa shape index (κ1) is 15.1. The number of fused-ring (bicyclic) bond motifs is 1. The molecule has 0 atom stereocenters. The molecule has 1 aromatic carbocycles. The van der Waals surface area contributed by atoms with Gasteiger partial charge in [-0.25, -0.2) is 0 Å². The minimum atomic E-state index is 0.231. The summed E-state index contributed by atoms with van der Waals surface area (Å²) in [5.41, 5.74) is 4.50. The average Bonchev–Trinajstić information content (AvgIpc) is 2.89. The third kappa shape index (κ3) is 2.90. The zero-order valence-corrected chi connectivity index (χ0v) is 13.8. The lowest BCUT2D eigenvalue weighted by atomic mass is 9.95. The number of amides is 1. The molecule has 3 rings (SSSR count). The summed E-state index contributed by atoms with van der Waals surface area (Å²) in [7, 11) is 0. The lowest BCUT2D eigenvalue weighted by Crippen LogP contribution is -2.36. The quantitative estimate of drug-likeness (QED) is 0.840. The predicted octanol–water partition coefficient (Wildman–Crippen LogP) is 4.42. The molecule has 22 heavy (non-hydrogen) atoms. The van der Waals surface area contributed by atoms with Crippen LogP contribution in [0.2, 0.25) is 0 Å². The van der Waals surface area contributed by atoms with E-state index in [1.54, 1.807) is 6.26 Å². The number of nitrogens with zero attached hydrogens (tertiary/aromatic N) is 1. The van der Waals surface area contributed by atoms with Crippen LogP contribution in [0.15, 0.2) is 22.8 Å². The van der Waals surface area contributed by atoms with Crippen molar-refractivity contribution in [3.05, 3.63) is 35.1 Å². The molecular formula is C19H25NO2. The Morgan fingerprint density at radius 3 is 2.64 bits per heavy atom. The molecule has 1 amide bonds. The van der Waals surface area contributed by atoms with Crippen molar-refractivity contribution in [1.82, 2.24) is 4.90 Å². The largest absolute Gasteiger partial charge is 0.464 e. The summed E-state index contributed by atoms with van der Waals surface area (Å²) in [5, 5.41) is 1.10.